The van der Waals surface area contributed by atoms with Crippen molar-refractivity contribution in [3.05, 3.63) is 41.6 Å². The first-order valence-electron chi connectivity index (χ1n) is 7.11. The van der Waals surface area contributed by atoms with Crippen molar-refractivity contribution in [1.29, 1.82) is 0 Å². The molecule has 2 rings (SSSR count). The van der Waals surface area contributed by atoms with Crippen molar-refractivity contribution in [1.82, 2.24) is 4.57 Å². The van der Waals surface area contributed by atoms with Crippen LogP contribution in [0.25, 0.3) is 11.3 Å². The second-order valence-corrected chi connectivity index (χ2v) is 6.06. The number of aromatic nitrogens is 1. The molecule has 0 bridgehead atoms. The van der Waals surface area contributed by atoms with E-state index in [0.717, 1.165) is 16.7 Å². The molecular weight excluding hydrogens is 320 g/mol. The van der Waals surface area contributed by atoms with Crippen molar-refractivity contribution in [2.75, 3.05) is 7.11 Å². The summed E-state index contributed by atoms with van der Waals surface area (Å²) in [6.07, 6.45) is 0.857. The zero-order chi connectivity index (χ0) is 18.1. The van der Waals surface area contributed by atoms with Gasteiger partial charge in [-0.15, -0.1) is 0 Å². The summed E-state index contributed by atoms with van der Waals surface area (Å²) in [4.78, 5) is 23.6. The van der Waals surface area contributed by atoms with E-state index >= 15 is 0 Å². The Morgan fingerprint density at radius 1 is 1.25 bits per heavy atom. The first-order valence-corrected chi connectivity index (χ1v) is 7.11. The molecule has 0 atom stereocenters. The molecule has 0 radical (unpaired) electrons. The van der Waals surface area contributed by atoms with Crippen LogP contribution < -0.4 is 4.74 Å². The van der Waals surface area contributed by atoms with E-state index in [9.17, 15) is 18.4 Å². The van der Waals surface area contributed by atoms with Gasteiger partial charge in [-0.3, -0.25) is 4.79 Å². The Bertz CT molecular complexity index is 791. The molecule has 0 N–H and O–H groups in total. The second kappa shape index (κ2) is 6.43. The molecule has 24 heavy (non-hydrogen) atoms. The number of hydrogen-bond donors (Lipinski definition) is 0. The third-order valence-corrected chi connectivity index (χ3v) is 3.09. The summed E-state index contributed by atoms with van der Waals surface area (Å²) in [5, 5.41) is 0. The molecule has 7 heteroatoms. The van der Waals surface area contributed by atoms with Gasteiger partial charge >= 0.3 is 6.09 Å². The summed E-state index contributed by atoms with van der Waals surface area (Å²) >= 11 is 0. The van der Waals surface area contributed by atoms with Gasteiger partial charge in [0.1, 0.15) is 22.9 Å². The first-order chi connectivity index (χ1) is 11.2. The Morgan fingerprint density at radius 3 is 2.42 bits per heavy atom. The first kappa shape index (κ1) is 17.7. The van der Waals surface area contributed by atoms with E-state index in [1.165, 1.54) is 13.3 Å². The van der Waals surface area contributed by atoms with E-state index in [-0.39, 0.29) is 22.6 Å². The lowest BCUT2D eigenvalue weighted by molar-refractivity contribution is 0.0539. The van der Waals surface area contributed by atoms with Crippen LogP contribution in [0, 0.1) is 11.6 Å². The highest BCUT2D eigenvalue weighted by Gasteiger charge is 2.27. The van der Waals surface area contributed by atoms with Crippen LogP contribution in [0.3, 0.4) is 0 Å². The maximum atomic E-state index is 14.2. The minimum absolute atomic E-state index is 0.00127. The van der Waals surface area contributed by atoms with Crippen LogP contribution in [-0.4, -0.2) is 29.7 Å². The van der Waals surface area contributed by atoms with Crippen LogP contribution in [0.4, 0.5) is 13.6 Å². The van der Waals surface area contributed by atoms with Crippen molar-refractivity contribution in [2.45, 2.75) is 26.4 Å². The lowest BCUT2D eigenvalue weighted by Gasteiger charge is -2.20. The summed E-state index contributed by atoms with van der Waals surface area (Å²) in [5.74, 6) is -1.66. The number of methoxy groups -OCH3 is 1. The highest BCUT2D eigenvalue weighted by Crippen LogP contribution is 2.36. The van der Waals surface area contributed by atoms with Gasteiger partial charge in [-0.25, -0.2) is 18.1 Å². The Labute approximate surface area is 137 Å². The molecule has 1 heterocycles. The average molecular weight is 337 g/mol. The Morgan fingerprint density at radius 2 is 1.92 bits per heavy atom. The number of ether oxygens (including phenoxy) is 2. The van der Waals surface area contributed by atoms with E-state index < -0.39 is 23.3 Å². The monoisotopic (exact) mass is 337 g/mol. The summed E-state index contributed by atoms with van der Waals surface area (Å²) in [7, 11) is 1.28. The van der Waals surface area contributed by atoms with Crippen LogP contribution in [0.15, 0.2) is 24.4 Å². The quantitative estimate of drug-likeness (QED) is 0.793. The van der Waals surface area contributed by atoms with Gasteiger partial charge in [0.15, 0.2) is 12.0 Å². The molecule has 0 aliphatic heterocycles. The van der Waals surface area contributed by atoms with Crippen molar-refractivity contribution < 1.29 is 27.8 Å². The molecule has 5 nitrogen and oxygen atoms in total. The minimum Gasteiger partial charge on any atom is -0.494 e. The Balaban J connectivity index is 2.70. The third kappa shape index (κ3) is 3.45. The molecule has 0 amide bonds. The standard InChI is InChI=1S/C17H17F2NO4/c1-17(2,3)24-16(22)20-8-10(9-21)15(23-4)14(20)12-6-5-11(18)7-13(12)19/h5-9H,1-4H3. The molecule has 0 unspecified atom stereocenters. The molecule has 2 aromatic rings. The number of nitrogens with zero attached hydrogens (tertiary/aromatic N) is 1. The fraction of sp³-hybridized carbons (Fsp3) is 0.294. The summed E-state index contributed by atoms with van der Waals surface area (Å²) < 4.78 is 38.8. The fourth-order valence-electron chi connectivity index (χ4n) is 2.20. The van der Waals surface area contributed by atoms with Crippen LogP contribution in [0.2, 0.25) is 0 Å². The number of benzene rings is 1. The van der Waals surface area contributed by atoms with Crippen molar-refractivity contribution in [3.8, 4) is 17.0 Å². The smallest absolute Gasteiger partial charge is 0.419 e. The molecule has 128 valence electrons. The maximum Gasteiger partial charge on any atom is 0.419 e. The van der Waals surface area contributed by atoms with Crippen molar-refractivity contribution in [3.63, 3.8) is 0 Å². The number of halogens is 2. The molecule has 1 aromatic carbocycles. The zero-order valence-electron chi connectivity index (χ0n) is 13.7. The van der Waals surface area contributed by atoms with Gasteiger partial charge in [-0.1, -0.05) is 0 Å². The van der Waals surface area contributed by atoms with Crippen molar-refractivity contribution in [2.24, 2.45) is 0 Å². The van der Waals surface area contributed by atoms with Crippen LogP contribution >= 0.6 is 0 Å². The molecular formula is C17H17F2NO4. The third-order valence-electron chi connectivity index (χ3n) is 3.09. The Hall–Kier alpha value is -2.70. The molecule has 1 aromatic heterocycles. The Kier molecular flexibility index (Phi) is 4.73. The van der Waals surface area contributed by atoms with Gasteiger partial charge in [0.25, 0.3) is 0 Å². The summed E-state index contributed by atoms with van der Waals surface area (Å²) in [5.41, 5.74) is -0.866. The van der Waals surface area contributed by atoms with Gasteiger partial charge in [-0.2, -0.15) is 0 Å². The average Bonchev–Trinajstić information content (AvgIpc) is 2.84. The van der Waals surface area contributed by atoms with Crippen LogP contribution in [0.5, 0.6) is 5.75 Å². The molecule has 0 saturated carbocycles. The lowest BCUT2D eigenvalue weighted by atomic mass is 10.1. The van der Waals surface area contributed by atoms with Gasteiger partial charge < -0.3 is 9.47 Å². The topological polar surface area (TPSA) is 57.5 Å². The fourth-order valence-corrected chi connectivity index (χ4v) is 2.20. The highest BCUT2D eigenvalue weighted by molar-refractivity contribution is 5.91. The molecule has 0 spiro atoms. The van der Waals surface area contributed by atoms with E-state index in [1.807, 2.05) is 0 Å². The number of carbonyl (C=O) groups is 2. The normalized spacial score (nSPS) is 11.2. The van der Waals surface area contributed by atoms with E-state index in [0.29, 0.717) is 12.4 Å². The predicted molar refractivity (Wildman–Crippen MR) is 83.4 cm³/mol. The second-order valence-electron chi connectivity index (χ2n) is 6.06. The van der Waals surface area contributed by atoms with Gasteiger partial charge in [0.05, 0.1) is 12.7 Å². The summed E-state index contributed by atoms with van der Waals surface area (Å²) in [6, 6.07) is 2.89. The van der Waals surface area contributed by atoms with Crippen LogP contribution in [0.1, 0.15) is 31.1 Å². The largest absolute Gasteiger partial charge is 0.494 e. The van der Waals surface area contributed by atoms with E-state index in [4.69, 9.17) is 9.47 Å². The molecule has 0 aliphatic rings. The summed E-state index contributed by atoms with van der Waals surface area (Å²) in [6.45, 7) is 5.01. The van der Waals surface area contributed by atoms with Gasteiger partial charge in [0.2, 0.25) is 0 Å². The van der Waals surface area contributed by atoms with E-state index in [2.05, 4.69) is 0 Å². The van der Waals surface area contributed by atoms with Crippen molar-refractivity contribution >= 4 is 12.4 Å². The van der Waals surface area contributed by atoms with Gasteiger partial charge in [-0.05, 0) is 32.9 Å². The van der Waals surface area contributed by atoms with E-state index in [1.54, 1.807) is 20.8 Å². The minimum atomic E-state index is -0.895. The molecule has 0 saturated heterocycles. The number of carbonyl (C=O) groups excluding carboxylic acids is 2. The number of hydrogen-bond acceptors (Lipinski definition) is 4. The van der Waals surface area contributed by atoms with Crippen LogP contribution in [-0.2, 0) is 4.74 Å². The zero-order valence-corrected chi connectivity index (χ0v) is 13.7. The molecule has 0 aliphatic carbocycles. The number of rotatable bonds is 3. The SMILES string of the molecule is COc1c(C=O)cn(C(=O)OC(C)(C)C)c1-c1ccc(F)cc1F. The lowest BCUT2D eigenvalue weighted by Crippen LogP contribution is -2.27. The van der Waals surface area contributed by atoms with Gasteiger partial charge in [0, 0.05) is 17.8 Å². The highest BCUT2D eigenvalue weighted by atomic mass is 19.1. The maximum absolute atomic E-state index is 14.2. The predicted octanol–water partition coefficient (Wildman–Crippen LogP) is 4.04. The molecule has 0 fully saturated rings. The number of aldehydes is 1.